The van der Waals surface area contributed by atoms with Crippen LogP contribution in [0.15, 0.2) is 71.5 Å². The lowest BCUT2D eigenvalue weighted by Gasteiger charge is -2.16. The normalized spacial score (nSPS) is 10.8. The van der Waals surface area contributed by atoms with E-state index in [2.05, 4.69) is 5.32 Å². The summed E-state index contributed by atoms with van der Waals surface area (Å²) in [7, 11) is 3.10. The highest BCUT2D eigenvalue weighted by molar-refractivity contribution is 5.97. The van der Waals surface area contributed by atoms with E-state index in [-0.39, 0.29) is 17.9 Å². The molecule has 1 N–H and O–H groups in total. The van der Waals surface area contributed by atoms with Gasteiger partial charge in [0.05, 0.1) is 30.9 Å². The van der Waals surface area contributed by atoms with Crippen molar-refractivity contribution >= 4 is 33.4 Å². The van der Waals surface area contributed by atoms with Crippen LogP contribution >= 0.6 is 0 Å². The second kappa shape index (κ2) is 7.67. The second-order valence-electron chi connectivity index (χ2n) is 6.56. The molecule has 0 aliphatic carbocycles. The number of anilines is 1. The van der Waals surface area contributed by atoms with E-state index >= 15 is 0 Å². The number of rotatable bonds is 5. The Hall–Kier alpha value is -3.80. The lowest BCUT2D eigenvalue weighted by atomic mass is 10.1. The van der Waals surface area contributed by atoms with Gasteiger partial charge in [0, 0.05) is 16.8 Å². The van der Waals surface area contributed by atoms with E-state index in [1.54, 1.807) is 37.4 Å². The van der Waals surface area contributed by atoms with Gasteiger partial charge < -0.3 is 19.4 Å². The molecule has 3 aromatic carbocycles. The molecule has 0 atom stereocenters. The first kappa shape index (κ1) is 18.6. The Morgan fingerprint density at radius 3 is 2.10 bits per heavy atom. The van der Waals surface area contributed by atoms with Gasteiger partial charge in [-0.25, -0.2) is 0 Å². The number of methoxy groups -OCH3 is 2. The molecule has 146 valence electrons. The number of aromatic nitrogens is 1. The van der Waals surface area contributed by atoms with Crippen molar-refractivity contribution in [2.45, 2.75) is 6.54 Å². The van der Waals surface area contributed by atoms with Gasteiger partial charge in [-0.3, -0.25) is 9.59 Å². The van der Waals surface area contributed by atoms with Crippen molar-refractivity contribution in [1.82, 2.24) is 4.57 Å². The molecule has 6 heteroatoms. The highest BCUT2D eigenvalue weighted by Crippen LogP contribution is 2.29. The van der Waals surface area contributed by atoms with E-state index in [4.69, 9.17) is 9.47 Å². The molecule has 1 aromatic heterocycles. The van der Waals surface area contributed by atoms with E-state index in [1.165, 1.54) is 7.11 Å². The highest BCUT2D eigenvalue weighted by Gasteiger charge is 2.14. The Labute approximate surface area is 167 Å². The molecule has 0 spiro atoms. The third-order valence-electron chi connectivity index (χ3n) is 4.86. The highest BCUT2D eigenvalue weighted by atomic mass is 16.5. The average Bonchev–Trinajstić information content (AvgIpc) is 2.77. The Balaban J connectivity index is 1.75. The lowest BCUT2D eigenvalue weighted by Crippen LogP contribution is -2.21. The molecule has 29 heavy (non-hydrogen) atoms. The number of hydrogen-bond donors (Lipinski definition) is 1. The predicted molar refractivity (Wildman–Crippen MR) is 114 cm³/mol. The minimum absolute atomic E-state index is 0.0373. The Bertz CT molecular complexity index is 1220. The third kappa shape index (κ3) is 3.40. The van der Waals surface area contributed by atoms with Gasteiger partial charge in [0.2, 0.25) is 5.91 Å². The van der Waals surface area contributed by atoms with Crippen LogP contribution in [0.2, 0.25) is 0 Å². The van der Waals surface area contributed by atoms with Gasteiger partial charge in [-0.2, -0.15) is 0 Å². The monoisotopic (exact) mass is 388 g/mol. The zero-order chi connectivity index (χ0) is 20.4. The van der Waals surface area contributed by atoms with Crippen molar-refractivity contribution < 1.29 is 14.3 Å². The molecular formula is C23H20N2O4. The summed E-state index contributed by atoms with van der Waals surface area (Å²) >= 11 is 0. The number of amides is 1. The van der Waals surface area contributed by atoms with Crippen LogP contribution in [0.4, 0.5) is 5.69 Å². The first-order valence-electron chi connectivity index (χ1n) is 9.14. The van der Waals surface area contributed by atoms with Crippen molar-refractivity contribution in [2.75, 3.05) is 19.5 Å². The van der Waals surface area contributed by atoms with Crippen molar-refractivity contribution in [3.05, 3.63) is 77.0 Å². The van der Waals surface area contributed by atoms with Crippen LogP contribution in [-0.2, 0) is 11.3 Å². The summed E-state index contributed by atoms with van der Waals surface area (Å²) in [5.41, 5.74) is 1.94. The summed E-state index contributed by atoms with van der Waals surface area (Å²) in [6.07, 6.45) is 0. The van der Waals surface area contributed by atoms with Crippen molar-refractivity contribution in [1.29, 1.82) is 0 Å². The van der Waals surface area contributed by atoms with E-state index in [0.29, 0.717) is 39.0 Å². The van der Waals surface area contributed by atoms with Gasteiger partial charge in [-0.15, -0.1) is 0 Å². The topological polar surface area (TPSA) is 69.6 Å². The Morgan fingerprint density at radius 2 is 1.52 bits per heavy atom. The van der Waals surface area contributed by atoms with Crippen LogP contribution in [0.1, 0.15) is 0 Å². The summed E-state index contributed by atoms with van der Waals surface area (Å²) in [5, 5.41) is 4.06. The SMILES string of the molecule is COc1ccc(NC(=O)Cn2c3ccccc3c(=O)c3ccccc32)c(OC)c1. The number of benzene rings is 3. The van der Waals surface area contributed by atoms with Gasteiger partial charge in [0.1, 0.15) is 18.0 Å². The summed E-state index contributed by atoms with van der Waals surface area (Å²) in [5.74, 6) is 0.914. The first-order valence-corrected chi connectivity index (χ1v) is 9.14. The van der Waals surface area contributed by atoms with Crippen LogP contribution in [0.5, 0.6) is 11.5 Å². The molecule has 0 saturated carbocycles. The predicted octanol–water partition coefficient (Wildman–Crippen LogP) is 3.81. The summed E-state index contributed by atoms with van der Waals surface area (Å²) in [6.45, 7) is 0.0521. The maximum Gasteiger partial charge on any atom is 0.244 e. The molecule has 4 aromatic rings. The summed E-state index contributed by atoms with van der Waals surface area (Å²) < 4.78 is 12.4. The number of para-hydroxylation sites is 2. The van der Waals surface area contributed by atoms with Crippen LogP contribution in [0, 0.1) is 0 Å². The zero-order valence-electron chi connectivity index (χ0n) is 16.1. The van der Waals surface area contributed by atoms with Gasteiger partial charge in [-0.1, -0.05) is 24.3 Å². The maximum absolute atomic E-state index is 12.9. The maximum atomic E-state index is 12.9. The Morgan fingerprint density at radius 1 is 0.897 bits per heavy atom. The number of pyridine rings is 1. The zero-order valence-corrected chi connectivity index (χ0v) is 16.1. The molecule has 1 amide bonds. The molecule has 6 nitrogen and oxygen atoms in total. The minimum atomic E-state index is -0.229. The van der Waals surface area contributed by atoms with Gasteiger partial charge >= 0.3 is 0 Å². The molecule has 0 unspecified atom stereocenters. The average molecular weight is 388 g/mol. The summed E-state index contributed by atoms with van der Waals surface area (Å²) in [6, 6.07) is 19.8. The largest absolute Gasteiger partial charge is 0.497 e. The standard InChI is InChI=1S/C23H20N2O4/c1-28-15-11-12-18(21(13-15)29-2)24-22(26)14-25-19-9-5-3-7-16(19)23(27)17-8-4-6-10-20(17)25/h3-13H,14H2,1-2H3,(H,24,26). The third-order valence-corrected chi connectivity index (χ3v) is 4.86. The number of fused-ring (bicyclic) bond motifs is 2. The first-order chi connectivity index (χ1) is 14.1. The molecule has 0 fully saturated rings. The minimum Gasteiger partial charge on any atom is -0.497 e. The Kier molecular flexibility index (Phi) is 4.91. The molecule has 0 radical (unpaired) electrons. The van der Waals surface area contributed by atoms with E-state index < -0.39 is 0 Å². The molecular weight excluding hydrogens is 368 g/mol. The lowest BCUT2D eigenvalue weighted by molar-refractivity contribution is -0.116. The fourth-order valence-electron chi connectivity index (χ4n) is 3.48. The molecule has 0 aliphatic rings. The fraction of sp³-hybridized carbons (Fsp3) is 0.130. The van der Waals surface area contributed by atoms with Crippen LogP contribution in [-0.4, -0.2) is 24.7 Å². The fourth-order valence-corrected chi connectivity index (χ4v) is 3.48. The molecule has 0 bridgehead atoms. The van der Waals surface area contributed by atoms with E-state index in [0.717, 1.165) is 0 Å². The number of carbonyl (C=O) groups excluding carboxylic acids is 1. The van der Waals surface area contributed by atoms with E-state index in [9.17, 15) is 9.59 Å². The van der Waals surface area contributed by atoms with E-state index in [1.807, 2.05) is 41.0 Å². The number of nitrogens with one attached hydrogen (secondary N) is 1. The van der Waals surface area contributed by atoms with Crippen LogP contribution in [0.25, 0.3) is 21.8 Å². The van der Waals surface area contributed by atoms with Gasteiger partial charge in [0.25, 0.3) is 0 Å². The number of nitrogens with zero attached hydrogens (tertiary/aromatic N) is 1. The van der Waals surface area contributed by atoms with Gasteiger partial charge in [0.15, 0.2) is 5.43 Å². The molecule has 0 aliphatic heterocycles. The van der Waals surface area contributed by atoms with Crippen LogP contribution in [0.3, 0.4) is 0 Å². The number of ether oxygens (including phenoxy) is 2. The molecule has 1 heterocycles. The molecule has 4 rings (SSSR count). The molecule has 0 saturated heterocycles. The van der Waals surface area contributed by atoms with Crippen molar-refractivity contribution in [3.8, 4) is 11.5 Å². The van der Waals surface area contributed by atoms with Crippen molar-refractivity contribution in [3.63, 3.8) is 0 Å². The van der Waals surface area contributed by atoms with Gasteiger partial charge in [-0.05, 0) is 36.4 Å². The smallest absolute Gasteiger partial charge is 0.244 e. The summed E-state index contributed by atoms with van der Waals surface area (Å²) in [4.78, 5) is 25.7. The quantitative estimate of drug-likeness (QED) is 0.528. The second-order valence-corrected chi connectivity index (χ2v) is 6.56. The van der Waals surface area contributed by atoms with Crippen LogP contribution < -0.4 is 20.2 Å². The van der Waals surface area contributed by atoms with Crippen molar-refractivity contribution in [2.24, 2.45) is 0 Å². The number of hydrogen-bond acceptors (Lipinski definition) is 4. The number of carbonyl (C=O) groups is 1.